The van der Waals surface area contributed by atoms with E-state index in [2.05, 4.69) is 16.7 Å². The van der Waals surface area contributed by atoms with Crippen LogP contribution in [-0.4, -0.2) is 53.3 Å². The van der Waals surface area contributed by atoms with Crippen LogP contribution >= 0.6 is 0 Å². The summed E-state index contributed by atoms with van der Waals surface area (Å²) in [6, 6.07) is 9.27. The van der Waals surface area contributed by atoms with E-state index in [1.807, 2.05) is 18.2 Å². The van der Waals surface area contributed by atoms with Gasteiger partial charge in [-0.05, 0) is 29.7 Å². The summed E-state index contributed by atoms with van der Waals surface area (Å²) in [5, 5.41) is 14.5. The van der Waals surface area contributed by atoms with Gasteiger partial charge in [-0.25, -0.2) is 13.6 Å². The summed E-state index contributed by atoms with van der Waals surface area (Å²) in [4.78, 5) is 26.8. The number of nitrogens with one attached hydrogen (secondary N) is 2. The fraction of sp³-hybridized carbons (Fsp3) is 0.333. The summed E-state index contributed by atoms with van der Waals surface area (Å²) in [6.45, 7) is 0.790. The Labute approximate surface area is 190 Å². The van der Waals surface area contributed by atoms with Gasteiger partial charge in [0.15, 0.2) is 0 Å². The van der Waals surface area contributed by atoms with Gasteiger partial charge in [0, 0.05) is 19.2 Å². The van der Waals surface area contributed by atoms with Gasteiger partial charge in [0.2, 0.25) is 5.91 Å². The van der Waals surface area contributed by atoms with Crippen molar-refractivity contribution in [2.45, 2.75) is 37.6 Å². The number of rotatable bonds is 5. The Balaban J connectivity index is 1.33. The quantitative estimate of drug-likeness (QED) is 0.603. The lowest BCUT2D eigenvalue weighted by molar-refractivity contribution is -0.136. The van der Waals surface area contributed by atoms with Crippen molar-refractivity contribution in [3.63, 3.8) is 0 Å². The lowest BCUT2D eigenvalue weighted by atomic mass is 9.99. The van der Waals surface area contributed by atoms with Gasteiger partial charge in [0.25, 0.3) is 0 Å². The Morgan fingerprint density at radius 2 is 1.91 bits per heavy atom. The molecule has 33 heavy (non-hydrogen) atoms. The molecule has 2 aromatic carbocycles. The molecule has 0 fully saturated rings. The van der Waals surface area contributed by atoms with Crippen molar-refractivity contribution in [1.29, 1.82) is 0 Å². The van der Waals surface area contributed by atoms with Crippen LogP contribution in [0.3, 0.4) is 0 Å². The van der Waals surface area contributed by atoms with Gasteiger partial charge < -0.3 is 25.4 Å². The molecule has 2 aromatic rings. The zero-order valence-corrected chi connectivity index (χ0v) is 17.8. The molecule has 9 heteroatoms. The number of aliphatic hydroxyl groups is 1. The molecule has 4 rings (SSSR count). The number of aliphatic hydroxyl groups excluding tert-OH is 1. The summed E-state index contributed by atoms with van der Waals surface area (Å²) in [7, 11) is 0. The van der Waals surface area contributed by atoms with Gasteiger partial charge in [0.05, 0.1) is 30.9 Å². The lowest BCUT2D eigenvalue weighted by Gasteiger charge is -2.34. The molecule has 0 saturated carbocycles. The Morgan fingerprint density at radius 1 is 1.12 bits per heavy atom. The monoisotopic (exact) mass is 457 g/mol. The highest BCUT2D eigenvalue weighted by molar-refractivity contribution is 5.89. The standard InChI is InChI=1S/C24H25F2N3O4/c25-17-5-7-19(26)21(11-17)28-24(32)27-20-8-6-18(33-22(20)14-30)12-23(31)29-10-9-15-3-1-2-4-16(15)13-29/h1-8,11,18,20,22,30H,9-10,12-14H2,(H2,27,28,32)/t18-,20-,22-/m0/s1. The number of halogens is 2. The highest BCUT2D eigenvalue weighted by atomic mass is 19.1. The Morgan fingerprint density at radius 3 is 2.70 bits per heavy atom. The summed E-state index contributed by atoms with van der Waals surface area (Å²) < 4.78 is 32.8. The fourth-order valence-electron chi connectivity index (χ4n) is 4.05. The van der Waals surface area contributed by atoms with Crippen LogP contribution in [0.25, 0.3) is 0 Å². The molecular formula is C24H25F2N3O4. The molecular weight excluding hydrogens is 432 g/mol. The van der Waals surface area contributed by atoms with E-state index >= 15 is 0 Å². The summed E-state index contributed by atoms with van der Waals surface area (Å²) in [5.41, 5.74) is 2.08. The van der Waals surface area contributed by atoms with Crippen LogP contribution < -0.4 is 10.6 Å². The largest absolute Gasteiger partial charge is 0.394 e. The van der Waals surface area contributed by atoms with Crippen molar-refractivity contribution in [2.75, 3.05) is 18.5 Å². The first-order valence-corrected chi connectivity index (χ1v) is 10.7. The number of amides is 3. The third-order valence-electron chi connectivity index (χ3n) is 5.80. The van der Waals surface area contributed by atoms with Crippen molar-refractivity contribution >= 4 is 17.6 Å². The number of ether oxygens (including phenoxy) is 1. The number of hydrogen-bond donors (Lipinski definition) is 3. The Kier molecular flexibility index (Phi) is 7.00. The van der Waals surface area contributed by atoms with Gasteiger partial charge in [-0.1, -0.05) is 36.4 Å². The van der Waals surface area contributed by atoms with E-state index in [9.17, 15) is 23.5 Å². The molecule has 0 aliphatic carbocycles. The molecule has 174 valence electrons. The molecule has 3 N–H and O–H groups in total. The molecule has 0 saturated heterocycles. The number of benzene rings is 2. The van der Waals surface area contributed by atoms with Gasteiger partial charge >= 0.3 is 6.03 Å². The van der Waals surface area contributed by atoms with E-state index in [0.29, 0.717) is 13.1 Å². The maximum Gasteiger partial charge on any atom is 0.319 e. The third-order valence-corrected chi connectivity index (χ3v) is 5.80. The van der Waals surface area contributed by atoms with E-state index in [1.54, 1.807) is 17.1 Å². The van der Waals surface area contributed by atoms with Gasteiger partial charge in [-0.3, -0.25) is 4.79 Å². The number of carbonyl (C=O) groups excluding carboxylic acids is 2. The number of nitrogens with zero attached hydrogens (tertiary/aromatic N) is 1. The van der Waals surface area contributed by atoms with Crippen LogP contribution in [0.2, 0.25) is 0 Å². The van der Waals surface area contributed by atoms with Crippen molar-refractivity contribution in [1.82, 2.24) is 10.2 Å². The minimum atomic E-state index is -0.794. The first-order chi connectivity index (χ1) is 15.9. The second kappa shape index (κ2) is 10.1. The van der Waals surface area contributed by atoms with Crippen LogP contribution in [0.15, 0.2) is 54.6 Å². The zero-order chi connectivity index (χ0) is 23.4. The molecule has 0 aromatic heterocycles. The average Bonchev–Trinajstić information content (AvgIpc) is 2.82. The number of fused-ring (bicyclic) bond motifs is 1. The fourth-order valence-corrected chi connectivity index (χ4v) is 4.05. The molecule has 0 unspecified atom stereocenters. The summed E-state index contributed by atoms with van der Waals surface area (Å²) in [6.07, 6.45) is 2.87. The average molecular weight is 457 g/mol. The highest BCUT2D eigenvalue weighted by Crippen LogP contribution is 2.22. The van der Waals surface area contributed by atoms with E-state index in [-0.39, 0.29) is 18.0 Å². The Bertz CT molecular complexity index is 1060. The zero-order valence-electron chi connectivity index (χ0n) is 17.8. The second-order valence-electron chi connectivity index (χ2n) is 8.07. The normalized spacial score (nSPS) is 21.9. The van der Waals surface area contributed by atoms with Crippen molar-refractivity contribution in [3.8, 4) is 0 Å². The van der Waals surface area contributed by atoms with Crippen LogP contribution in [-0.2, 0) is 22.5 Å². The van der Waals surface area contributed by atoms with E-state index in [1.165, 1.54) is 5.56 Å². The molecule has 2 aliphatic heterocycles. The SMILES string of the molecule is O=C(Nc1cc(F)ccc1F)N[C@H]1C=C[C@@H](CC(=O)N2CCc3ccccc3C2)O[C@H]1CO. The molecule has 0 radical (unpaired) electrons. The molecule has 0 bridgehead atoms. The molecule has 3 atom stereocenters. The van der Waals surface area contributed by atoms with E-state index in [4.69, 9.17) is 4.74 Å². The molecule has 0 spiro atoms. The topological polar surface area (TPSA) is 90.9 Å². The molecule has 2 heterocycles. The smallest absolute Gasteiger partial charge is 0.319 e. The van der Waals surface area contributed by atoms with E-state index < -0.39 is 42.5 Å². The summed E-state index contributed by atoms with van der Waals surface area (Å²) in [5.74, 6) is -1.52. The van der Waals surface area contributed by atoms with Crippen molar-refractivity contribution < 1.29 is 28.2 Å². The summed E-state index contributed by atoms with van der Waals surface area (Å²) >= 11 is 0. The van der Waals surface area contributed by atoms with Gasteiger partial charge in [-0.2, -0.15) is 0 Å². The molecule has 7 nitrogen and oxygen atoms in total. The van der Waals surface area contributed by atoms with E-state index in [0.717, 1.165) is 30.2 Å². The maximum atomic E-state index is 13.7. The third kappa shape index (κ3) is 5.55. The first-order valence-electron chi connectivity index (χ1n) is 10.7. The second-order valence-corrected chi connectivity index (χ2v) is 8.07. The predicted octanol–water partition coefficient (Wildman–Crippen LogP) is 2.75. The predicted molar refractivity (Wildman–Crippen MR) is 117 cm³/mol. The lowest BCUT2D eigenvalue weighted by Crippen LogP contribution is -2.50. The minimum Gasteiger partial charge on any atom is -0.394 e. The maximum absolute atomic E-state index is 13.7. The molecule has 3 amide bonds. The minimum absolute atomic E-state index is 0.0541. The van der Waals surface area contributed by atoms with Crippen LogP contribution in [0.5, 0.6) is 0 Å². The highest BCUT2D eigenvalue weighted by Gasteiger charge is 2.31. The van der Waals surface area contributed by atoms with Crippen molar-refractivity contribution in [2.24, 2.45) is 0 Å². The number of hydrogen-bond acceptors (Lipinski definition) is 4. The van der Waals surface area contributed by atoms with Crippen molar-refractivity contribution in [3.05, 3.63) is 77.4 Å². The van der Waals surface area contributed by atoms with Crippen LogP contribution in [0.1, 0.15) is 17.5 Å². The number of carbonyl (C=O) groups is 2. The van der Waals surface area contributed by atoms with Crippen LogP contribution in [0, 0.1) is 11.6 Å². The van der Waals surface area contributed by atoms with Crippen LogP contribution in [0.4, 0.5) is 19.3 Å². The molecule has 2 aliphatic rings. The number of anilines is 1. The van der Waals surface area contributed by atoms with Gasteiger partial charge in [-0.15, -0.1) is 0 Å². The first kappa shape index (κ1) is 22.9. The van der Waals surface area contributed by atoms with Gasteiger partial charge in [0.1, 0.15) is 17.7 Å². The number of urea groups is 1. The Hall–Kier alpha value is -3.30.